The molecule has 0 fully saturated rings. The molecule has 0 spiro atoms. The van der Waals surface area contributed by atoms with Gasteiger partial charge in [0.25, 0.3) is 0 Å². The highest BCUT2D eigenvalue weighted by Crippen LogP contribution is 2.12. The summed E-state index contributed by atoms with van der Waals surface area (Å²) < 4.78 is -0.750. The number of carbonyl (C=O) groups excluding carboxylic acids is 1. The monoisotopic (exact) mass is 122 g/mol. The van der Waals surface area contributed by atoms with Crippen LogP contribution in [-0.4, -0.2) is 10.4 Å². The van der Waals surface area contributed by atoms with Crippen molar-refractivity contribution in [2.45, 2.75) is 11.0 Å². The van der Waals surface area contributed by atoms with Crippen LogP contribution in [0.2, 0.25) is 0 Å². The molecule has 0 aromatic carbocycles. The van der Waals surface area contributed by atoms with Crippen LogP contribution >= 0.6 is 25.3 Å². The van der Waals surface area contributed by atoms with E-state index in [1.54, 1.807) is 6.92 Å². The first-order chi connectivity index (χ1) is 2.56. The molecule has 0 aromatic rings. The second kappa shape index (κ2) is 1.89. The van der Waals surface area contributed by atoms with Gasteiger partial charge in [0, 0.05) is 0 Å². The van der Waals surface area contributed by atoms with Gasteiger partial charge in [-0.05, 0) is 6.92 Å². The molecular weight excluding hydrogens is 116 g/mol. The fourth-order valence-electron chi connectivity index (χ4n) is 0. The SMILES string of the molecule is CC(S)(S)C=O. The van der Waals surface area contributed by atoms with E-state index >= 15 is 0 Å². The lowest BCUT2D eigenvalue weighted by Crippen LogP contribution is -2.06. The first-order valence-electron chi connectivity index (χ1n) is 1.47. The van der Waals surface area contributed by atoms with Crippen molar-refractivity contribution >= 4 is 31.5 Å². The lowest BCUT2D eigenvalue weighted by atomic mass is 10.5. The maximum atomic E-state index is 9.67. The molecular formula is C3H6OS2. The molecule has 36 valence electrons. The van der Waals surface area contributed by atoms with Crippen molar-refractivity contribution in [2.24, 2.45) is 0 Å². The van der Waals surface area contributed by atoms with Crippen LogP contribution < -0.4 is 0 Å². The topological polar surface area (TPSA) is 17.1 Å². The first-order valence-corrected chi connectivity index (χ1v) is 2.37. The first kappa shape index (κ1) is 6.37. The molecule has 0 N–H and O–H groups in total. The molecule has 0 rings (SSSR count). The zero-order valence-corrected chi connectivity index (χ0v) is 5.17. The van der Waals surface area contributed by atoms with Crippen LogP contribution in [0.4, 0.5) is 0 Å². The molecule has 0 aliphatic rings. The van der Waals surface area contributed by atoms with Gasteiger partial charge < -0.3 is 4.79 Å². The highest BCUT2D eigenvalue weighted by Gasteiger charge is 2.07. The maximum absolute atomic E-state index is 9.67. The normalized spacial score (nSPS) is 11.2. The molecule has 6 heavy (non-hydrogen) atoms. The van der Waals surface area contributed by atoms with Gasteiger partial charge in [0.15, 0.2) is 0 Å². The van der Waals surface area contributed by atoms with Crippen molar-refractivity contribution in [1.82, 2.24) is 0 Å². The zero-order chi connectivity index (χ0) is 5.21. The predicted octanol–water partition coefficient (Wildman–Crippen LogP) is 0.761. The largest absolute Gasteiger partial charge is 0.301 e. The Morgan fingerprint density at radius 1 is 1.67 bits per heavy atom. The highest BCUT2D eigenvalue weighted by molar-refractivity contribution is 8.01. The summed E-state index contributed by atoms with van der Waals surface area (Å²) in [6, 6.07) is 0. The third-order valence-electron chi connectivity index (χ3n) is 0.223. The molecule has 0 aliphatic carbocycles. The summed E-state index contributed by atoms with van der Waals surface area (Å²) in [6.45, 7) is 1.60. The van der Waals surface area contributed by atoms with Crippen molar-refractivity contribution in [3.05, 3.63) is 0 Å². The summed E-state index contributed by atoms with van der Waals surface area (Å²) in [5, 5.41) is 0. The lowest BCUT2D eigenvalue weighted by molar-refractivity contribution is -0.107. The highest BCUT2D eigenvalue weighted by atomic mass is 32.2. The van der Waals surface area contributed by atoms with Crippen molar-refractivity contribution < 1.29 is 4.79 Å². The Labute approximate surface area is 47.9 Å². The summed E-state index contributed by atoms with van der Waals surface area (Å²) in [5.41, 5.74) is 0. The number of rotatable bonds is 1. The van der Waals surface area contributed by atoms with E-state index in [0.29, 0.717) is 6.29 Å². The Bertz CT molecular complexity index is 54.3. The van der Waals surface area contributed by atoms with E-state index in [0.717, 1.165) is 0 Å². The van der Waals surface area contributed by atoms with E-state index in [9.17, 15) is 4.79 Å². The van der Waals surface area contributed by atoms with Gasteiger partial charge in [-0.1, -0.05) is 0 Å². The van der Waals surface area contributed by atoms with Gasteiger partial charge in [-0.3, -0.25) is 0 Å². The number of thiol groups is 2. The molecule has 0 heterocycles. The Balaban J connectivity index is 3.45. The zero-order valence-electron chi connectivity index (χ0n) is 3.38. The fourth-order valence-corrected chi connectivity index (χ4v) is 0. The molecule has 0 aromatic heterocycles. The number of hydrogen-bond acceptors (Lipinski definition) is 3. The molecule has 0 atom stereocenters. The van der Waals surface area contributed by atoms with Gasteiger partial charge in [-0.25, -0.2) is 0 Å². The smallest absolute Gasteiger partial charge is 0.145 e. The van der Waals surface area contributed by atoms with Crippen molar-refractivity contribution in [2.75, 3.05) is 0 Å². The van der Waals surface area contributed by atoms with Crippen LogP contribution in [0.5, 0.6) is 0 Å². The second-order valence-corrected chi connectivity index (χ2v) is 3.42. The van der Waals surface area contributed by atoms with Crippen LogP contribution in [0, 0.1) is 0 Å². The average molecular weight is 122 g/mol. The minimum absolute atomic E-state index is 0.666. The third-order valence-corrected chi connectivity index (χ3v) is 0.434. The number of aldehydes is 1. The minimum Gasteiger partial charge on any atom is -0.301 e. The van der Waals surface area contributed by atoms with Crippen LogP contribution in [0.1, 0.15) is 6.92 Å². The van der Waals surface area contributed by atoms with Gasteiger partial charge in [-0.2, -0.15) is 25.3 Å². The van der Waals surface area contributed by atoms with E-state index in [1.807, 2.05) is 0 Å². The third kappa shape index (κ3) is 4.37. The summed E-state index contributed by atoms with van der Waals surface area (Å²) in [4.78, 5) is 9.67. The Morgan fingerprint density at radius 2 is 1.83 bits per heavy atom. The summed E-state index contributed by atoms with van der Waals surface area (Å²) in [7, 11) is 0. The Hall–Kier alpha value is 0.370. The van der Waals surface area contributed by atoms with E-state index in [2.05, 4.69) is 25.3 Å². The number of carbonyl (C=O) groups is 1. The van der Waals surface area contributed by atoms with Gasteiger partial charge in [0.05, 0.1) is 0 Å². The van der Waals surface area contributed by atoms with E-state index in [1.165, 1.54) is 0 Å². The van der Waals surface area contributed by atoms with Crippen molar-refractivity contribution in [3.8, 4) is 0 Å². The summed E-state index contributed by atoms with van der Waals surface area (Å²) >= 11 is 7.50. The second-order valence-electron chi connectivity index (χ2n) is 1.21. The molecule has 0 amide bonds. The number of hydrogen-bond donors (Lipinski definition) is 2. The fraction of sp³-hybridized carbons (Fsp3) is 0.667. The molecule has 0 bridgehead atoms. The summed E-state index contributed by atoms with van der Waals surface area (Å²) in [5.74, 6) is 0. The van der Waals surface area contributed by atoms with Crippen molar-refractivity contribution in [3.63, 3.8) is 0 Å². The molecule has 0 unspecified atom stereocenters. The van der Waals surface area contributed by atoms with E-state index < -0.39 is 4.08 Å². The molecule has 0 aliphatic heterocycles. The van der Waals surface area contributed by atoms with Crippen LogP contribution in [0.25, 0.3) is 0 Å². The molecule has 0 saturated carbocycles. The Kier molecular flexibility index (Phi) is 2.00. The Morgan fingerprint density at radius 3 is 1.83 bits per heavy atom. The van der Waals surface area contributed by atoms with Gasteiger partial charge in [-0.15, -0.1) is 0 Å². The van der Waals surface area contributed by atoms with Gasteiger partial charge >= 0.3 is 0 Å². The quantitative estimate of drug-likeness (QED) is 0.298. The van der Waals surface area contributed by atoms with E-state index in [-0.39, 0.29) is 0 Å². The average Bonchev–Trinajstić information content (AvgIpc) is 1.35. The molecule has 0 saturated heterocycles. The lowest BCUT2D eigenvalue weighted by Gasteiger charge is -2.01. The van der Waals surface area contributed by atoms with Gasteiger partial charge in [0.1, 0.15) is 10.4 Å². The standard InChI is InChI=1S/C3H6OS2/c1-3(5,6)2-4/h2,5-6H,1H3. The minimum atomic E-state index is -0.750. The van der Waals surface area contributed by atoms with Crippen LogP contribution in [-0.2, 0) is 4.79 Å². The summed E-state index contributed by atoms with van der Waals surface area (Å²) in [6.07, 6.45) is 0.666. The molecule has 1 nitrogen and oxygen atoms in total. The molecule has 0 radical (unpaired) electrons. The van der Waals surface area contributed by atoms with Crippen molar-refractivity contribution in [1.29, 1.82) is 0 Å². The van der Waals surface area contributed by atoms with E-state index in [4.69, 9.17) is 0 Å². The molecule has 3 heteroatoms. The predicted molar refractivity (Wildman–Crippen MR) is 32.4 cm³/mol. The van der Waals surface area contributed by atoms with Crippen LogP contribution in [0.3, 0.4) is 0 Å². The van der Waals surface area contributed by atoms with Gasteiger partial charge in [0.2, 0.25) is 0 Å². The van der Waals surface area contributed by atoms with Crippen LogP contribution in [0.15, 0.2) is 0 Å². The maximum Gasteiger partial charge on any atom is 0.145 e.